The minimum Gasteiger partial charge on any atom is -0.496 e. The maximum atomic E-state index is 12.8. The first-order valence-corrected chi connectivity index (χ1v) is 10.4. The average Bonchev–Trinajstić information content (AvgIpc) is 2.65. The topological polar surface area (TPSA) is 82.4 Å². The van der Waals surface area contributed by atoms with Crippen molar-refractivity contribution in [3.05, 3.63) is 48.0 Å². The molecule has 2 aromatic carbocycles. The van der Waals surface area contributed by atoms with Gasteiger partial charge in [0.2, 0.25) is 10.0 Å². The van der Waals surface area contributed by atoms with Gasteiger partial charge < -0.3 is 9.64 Å². The largest absolute Gasteiger partial charge is 0.496 e. The van der Waals surface area contributed by atoms with Crippen LogP contribution in [0, 0.1) is 16.7 Å². The van der Waals surface area contributed by atoms with Crippen LogP contribution in [-0.2, 0) is 10.0 Å². The summed E-state index contributed by atoms with van der Waals surface area (Å²) in [4.78, 5) is 2.17. The number of hydrogen-bond acceptors (Lipinski definition) is 5. The normalized spacial score (nSPS) is 12.0. The van der Waals surface area contributed by atoms with Crippen molar-refractivity contribution >= 4 is 10.0 Å². The zero-order valence-electron chi connectivity index (χ0n) is 17.0. The summed E-state index contributed by atoms with van der Waals surface area (Å²) in [5, 5.41) is 9.09. The lowest BCUT2D eigenvalue weighted by molar-refractivity contribution is 0.242. The fraction of sp³-hybridized carbons (Fsp3) is 0.381. The first kappa shape index (κ1) is 21.9. The quantitative estimate of drug-likeness (QED) is 0.735. The van der Waals surface area contributed by atoms with Crippen molar-refractivity contribution < 1.29 is 13.2 Å². The summed E-state index contributed by atoms with van der Waals surface area (Å²) in [7, 11) is 1.74. The van der Waals surface area contributed by atoms with Crippen LogP contribution in [-0.4, -0.2) is 47.6 Å². The van der Waals surface area contributed by atoms with E-state index >= 15 is 0 Å². The Morgan fingerprint density at radius 1 is 1.18 bits per heavy atom. The Labute approximate surface area is 167 Å². The van der Waals surface area contributed by atoms with Crippen molar-refractivity contribution in [2.45, 2.75) is 18.7 Å². The van der Waals surface area contributed by atoms with Gasteiger partial charge >= 0.3 is 0 Å². The van der Waals surface area contributed by atoms with E-state index in [0.717, 1.165) is 17.7 Å². The van der Waals surface area contributed by atoms with E-state index in [9.17, 15) is 8.42 Å². The second-order valence-corrected chi connectivity index (χ2v) is 9.55. The molecule has 0 bridgehead atoms. The molecule has 2 rings (SSSR count). The van der Waals surface area contributed by atoms with Crippen LogP contribution in [0.1, 0.15) is 19.4 Å². The van der Waals surface area contributed by atoms with Gasteiger partial charge in [0.25, 0.3) is 0 Å². The van der Waals surface area contributed by atoms with Gasteiger partial charge in [0.05, 0.1) is 23.6 Å². The van der Waals surface area contributed by atoms with E-state index in [4.69, 9.17) is 10.00 Å². The van der Waals surface area contributed by atoms with E-state index in [-0.39, 0.29) is 10.3 Å². The minimum atomic E-state index is -3.67. The van der Waals surface area contributed by atoms with Crippen LogP contribution < -0.4 is 9.46 Å². The number of benzene rings is 2. The Kier molecular flexibility index (Phi) is 6.83. The van der Waals surface area contributed by atoms with Crippen molar-refractivity contribution in [2.75, 3.05) is 34.3 Å². The van der Waals surface area contributed by atoms with Gasteiger partial charge in [-0.2, -0.15) is 5.26 Å². The number of nitrogens with one attached hydrogen (secondary N) is 1. The van der Waals surface area contributed by atoms with Crippen LogP contribution in [0.3, 0.4) is 0 Å². The number of ether oxygens (including phenoxy) is 1. The summed E-state index contributed by atoms with van der Waals surface area (Å²) >= 11 is 0. The molecule has 6 nitrogen and oxygen atoms in total. The predicted octanol–water partition coefficient (Wildman–Crippen LogP) is 3.10. The smallest absolute Gasteiger partial charge is 0.240 e. The van der Waals surface area contributed by atoms with Crippen LogP contribution in [0.4, 0.5) is 0 Å². The molecule has 0 aliphatic carbocycles. The maximum Gasteiger partial charge on any atom is 0.240 e. The zero-order valence-corrected chi connectivity index (χ0v) is 17.8. The molecule has 0 aliphatic heterocycles. The Morgan fingerprint density at radius 3 is 2.50 bits per heavy atom. The maximum absolute atomic E-state index is 12.8. The number of hydrogen-bond donors (Lipinski definition) is 1. The van der Waals surface area contributed by atoms with Crippen LogP contribution in [0.15, 0.2) is 47.4 Å². The van der Waals surface area contributed by atoms with Crippen molar-refractivity contribution in [1.82, 2.24) is 9.62 Å². The molecule has 7 heteroatoms. The monoisotopic (exact) mass is 401 g/mol. The molecule has 0 spiro atoms. The molecule has 0 heterocycles. The molecular formula is C21H27N3O3S. The zero-order chi connectivity index (χ0) is 20.9. The summed E-state index contributed by atoms with van der Waals surface area (Å²) in [6, 6.07) is 14.0. The van der Waals surface area contributed by atoms with Gasteiger partial charge in [-0.15, -0.1) is 0 Å². The van der Waals surface area contributed by atoms with E-state index in [0.29, 0.717) is 17.9 Å². The van der Waals surface area contributed by atoms with Crippen molar-refractivity contribution in [2.24, 2.45) is 5.41 Å². The highest BCUT2D eigenvalue weighted by Gasteiger charge is 2.24. The number of methoxy groups -OCH3 is 1. The third-order valence-corrected chi connectivity index (χ3v) is 5.67. The number of sulfonamides is 1. The summed E-state index contributed by atoms with van der Waals surface area (Å²) in [6.07, 6.45) is 0. The molecule has 0 amide bonds. The van der Waals surface area contributed by atoms with E-state index in [2.05, 4.69) is 10.8 Å². The number of nitriles is 1. The summed E-state index contributed by atoms with van der Waals surface area (Å²) < 4.78 is 33.6. The molecule has 0 aliphatic rings. The van der Waals surface area contributed by atoms with Crippen LogP contribution >= 0.6 is 0 Å². The van der Waals surface area contributed by atoms with Crippen LogP contribution in [0.5, 0.6) is 5.75 Å². The predicted molar refractivity (Wildman–Crippen MR) is 111 cm³/mol. The molecule has 2 aromatic rings. The lowest BCUT2D eigenvalue weighted by Gasteiger charge is -2.28. The molecule has 0 saturated heterocycles. The molecule has 28 heavy (non-hydrogen) atoms. The Balaban J connectivity index is 2.30. The van der Waals surface area contributed by atoms with Gasteiger partial charge in [0, 0.05) is 24.7 Å². The van der Waals surface area contributed by atoms with Crippen molar-refractivity contribution in [3.8, 4) is 22.9 Å². The van der Waals surface area contributed by atoms with Gasteiger partial charge in [-0.05, 0) is 49.3 Å². The van der Waals surface area contributed by atoms with Gasteiger partial charge in [-0.25, -0.2) is 13.1 Å². The highest BCUT2D eigenvalue weighted by Crippen LogP contribution is 2.32. The lowest BCUT2D eigenvalue weighted by atomic mass is 9.93. The van der Waals surface area contributed by atoms with Crippen LogP contribution in [0.2, 0.25) is 0 Å². The minimum absolute atomic E-state index is 0.144. The summed E-state index contributed by atoms with van der Waals surface area (Å²) in [6.45, 7) is 5.11. The van der Waals surface area contributed by atoms with Gasteiger partial charge in [0.15, 0.2) is 0 Å². The molecule has 0 aromatic heterocycles. The summed E-state index contributed by atoms with van der Waals surface area (Å²) in [5.41, 5.74) is 1.84. The van der Waals surface area contributed by atoms with E-state index in [1.807, 2.05) is 38.9 Å². The second-order valence-electron chi connectivity index (χ2n) is 7.78. The molecule has 0 fully saturated rings. The standard InChI is InChI=1S/C21H27N3O3S/c1-21(2,15-24(3)4)14-23-28(25,26)18-9-10-19(20(12-18)27-5)17-8-6-7-16(11-17)13-22/h6-12,23H,14-15H2,1-5H3. The molecule has 0 atom stereocenters. The third-order valence-electron chi connectivity index (χ3n) is 4.27. The fourth-order valence-electron chi connectivity index (χ4n) is 3.12. The first-order valence-electron chi connectivity index (χ1n) is 8.91. The molecule has 1 N–H and O–H groups in total. The fourth-order valence-corrected chi connectivity index (χ4v) is 4.38. The highest BCUT2D eigenvalue weighted by molar-refractivity contribution is 7.89. The summed E-state index contributed by atoms with van der Waals surface area (Å²) in [5.74, 6) is 0.436. The molecule has 0 unspecified atom stereocenters. The van der Waals surface area contributed by atoms with Gasteiger partial charge in [0.1, 0.15) is 5.75 Å². The van der Waals surface area contributed by atoms with Crippen LogP contribution in [0.25, 0.3) is 11.1 Å². The highest BCUT2D eigenvalue weighted by atomic mass is 32.2. The van der Waals surface area contributed by atoms with E-state index in [1.54, 1.807) is 30.3 Å². The molecule has 0 radical (unpaired) electrons. The molecular weight excluding hydrogens is 374 g/mol. The van der Waals surface area contributed by atoms with Crippen molar-refractivity contribution in [1.29, 1.82) is 5.26 Å². The second kappa shape index (κ2) is 8.74. The van der Waals surface area contributed by atoms with E-state index < -0.39 is 10.0 Å². The molecule has 150 valence electrons. The average molecular weight is 402 g/mol. The lowest BCUT2D eigenvalue weighted by Crippen LogP contribution is -2.39. The Morgan fingerprint density at radius 2 is 1.89 bits per heavy atom. The SMILES string of the molecule is COc1cc(S(=O)(=O)NCC(C)(C)CN(C)C)ccc1-c1cccc(C#N)c1. The molecule has 0 saturated carbocycles. The first-order chi connectivity index (χ1) is 13.1. The number of rotatable bonds is 8. The van der Waals surface area contributed by atoms with Crippen molar-refractivity contribution in [3.63, 3.8) is 0 Å². The number of nitrogens with zero attached hydrogens (tertiary/aromatic N) is 2. The Bertz CT molecular complexity index is 977. The Hall–Kier alpha value is -2.40. The van der Waals surface area contributed by atoms with Gasteiger partial charge in [-0.3, -0.25) is 0 Å². The van der Waals surface area contributed by atoms with E-state index in [1.165, 1.54) is 13.2 Å². The third kappa shape index (κ3) is 5.55. The van der Waals surface area contributed by atoms with Gasteiger partial charge in [-0.1, -0.05) is 26.0 Å².